The third-order valence-corrected chi connectivity index (χ3v) is 4.91. The molecule has 0 radical (unpaired) electrons. The maximum Gasteiger partial charge on any atom is 1.00 e. The second-order valence-corrected chi connectivity index (χ2v) is 7.09. The summed E-state index contributed by atoms with van der Waals surface area (Å²) in [5.41, 5.74) is 4.94. The molecule has 0 N–H and O–H groups in total. The van der Waals surface area contributed by atoms with E-state index in [1.165, 1.54) is 6.07 Å². The standard InChI is InChI=1S/C24H22O4.2Na/c1-13-9-17(10-14(2)22(13)25)21(18-11-15(3)23(26)16(4)12-18)19-7-5-6-8-20(19)24(27)28;;/h5-12,25H,1-4H3,(H,27,28);;/q;2*+1/p-2. The molecule has 30 heavy (non-hydrogen) atoms. The van der Waals surface area contributed by atoms with Crippen LogP contribution in [0, 0.1) is 13.8 Å². The summed E-state index contributed by atoms with van der Waals surface area (Å²) in [6, 6.07) is 10.1. The van der Waals surface area contributed by atoms with Crippen LogP contribution in [0.25, 0.3) is 5.57 Å². The van der Waals surface area contributed by atoms with E-state index in [0.717, 1.165) is 11.1 Å². The zero-order chi connectivity index (χ0) is 20.6. The molecule has 1 aliphatic carbocycles. The number of Topliss-reactive ketones (excluding diaryl/α,β-unsaturated/α-hetero) is 1. The number of ketones is 1. The minimum absolute atomic E-state index is 0. The molecule has 6 heteroatoms. The minimum Gasteiger partial charge on any atom is -0.872 e. The summed E-state index contributed by atoms with van der Waals surface area (Å²) in [5, 5.41) is 23.9. The number of carboxylic acid groups (broad SMARTS) is 1. The fraction of sp³-hybridized carbons (Fsp3) is 0.167. The van der Waals surface area contributed by atoms with E-state index in [4.69, 9.17) is 0 Å². The fourth-order valence-electron chi connectivity index (χ4n) is 3.55. The molecule has 0 fully saturated rings. The van der Waals surface area contributed by atoms with Crippen LogP contribution in [0.1, 0.15) is 46.5 Å². The van der Waals surface area contributed by atoms with E-state index in [0.29, 0.717) is 33.4 Å². The van der Waals surface area contributed by atoms with Gasteiger partial charge >= 0.3 is 59.1 Å². The Morgan fingerprint density at radius 2 is 1.30 bits per heavy atom. The number of allylic oxidation sites excluding steroid dienone is 5. The number of benzene rings is 2. The van der Waals surface area contributed by atoms with Crippen molar-refractivity contribution < 1.29 is 78.9 Å². The van der Waals surface area contributed by atoms with Crippen molar-refractivity contribution in [3.63, 3.8) is 0 Å². The van der Waals surface area contributed by atoms with Gasteiger partial charge in [-0.1, -0.05) is 47.5 Å². The van der Waals surface area contributed by atoms with Crippen LogP contribution < -0.4 is 69.3 Å². The van der Waals surface area contributed by atoms with Gasteiger partial charge in [-0.15, -0.1) is 5.75 Å². The first-order chi connectivity index (χ1) is 13.2. The molecule has 2 aromatic carbocycles. The van der Waals surface area contributed by atoms with Crippen LogP contribution in [0.4, 0.5) is 0 Å². The van der Waals surface area contributed by atoms with Crippen molar-refractivity contribution in [3.8, 4) is 5.75 Å². The van der Waals surface area contributed by atoms with Crippen LogP contribution in [0.5, 0.6) is 5.75 Å². The van der Waals surface area contributed by atoms with Crippen molar-refractivity contribution in [2.45, 2.75) is 27.7 Å². The number of rotatable bonds is 3. The maximum absolute atomic E-state index is 12.2. The van der Waals surface area contributed by atoms with E-state index >= 15 is 0 Å². The minimum atomic E-state index is -1.28. The van der Waals surface area contributed by atoms with Crippen molar-refractivity contribution >= 4 is 17.3 Å². The largest absolute Gasteiger partial charge is 1.00 e. The Balaban J connectivity index is 0.00000225. The quantitative estimate of drug-likeness (QED) is 0.499. The average molecular weight is 418 g/mol. The van der Waals surface area contributed by atoms with E-state index in [-0.39, 0.29) is 76.2 Å². The van der Waals surface area contributed by atoms with Crippen LogP contribution in [0.2, 0.25) is 0 Å². The van der Waals surface area contributed by atoms with Gasteiger partial charge in [-0.25, -0.2) is 0 Å². The smallest absolute Gasteiger partial charge is 0.872 e. The molecule has 3 rings (SSSR count). The molecular weight excluding hydrogens is 398 g/mol. The molecule has 0 unspecified atom stereocenters. The monoisotopic (exact) mass is 418 g/mol. The van der Waals surface area contributed by atoms with Crippen LogP contribution in [0.15, 0.2) is 65.3 Å². The molecule has 0 bridgehead atoms. The van der Waals surface area contributed by atoms with Gasteiger partial charge in [0.25, 0.3) is 0 Å². The van der Waals surface area contributed by atoms with Crippen LogP contribution in [-0.4, -0.2) is 11.8 Å². The van der Waals surface area contributed by atoms with Crippen molar-refractivity contribution in [3.05, 3.63) is 93.1 Å². The summed E-state index contributed by atoms with van der Waals surface area (Å²) in [4.78, 5) is 23.9. The predicted molar refractivity (Wildman–Crippen MR) is 105 cm³/mol. The molecule has 0 heterocycles. The molecule has 0 amide bonds. The number of carboxylic acids is 1. The van der Waals surface area contributed by atoms with Crippen molar-refractivity contribution in [2.24, 2.45) is 0 Å². The number of aryl methyl sites for hydroxylation is 2. The first kappa shape index (κ1) is 26.6. The van der Waals surface area contributed by atoms with Crippen LogP contribution in [0.3, 0.4) is 0 Å². The van der Waals surface area contributed by atoms with Gasteiger partial charge in [0.15, 0.2) is 5.78 Å². The molecule has 2 aromatic rings. The number of hydrogen-bond acceptors (Lipinski definition) is 4. The van der Waals surface area contributed by atoms with E-state index in [2.05, 4.69) is 0 Å². The average Bonchev–Trinajstić information content (AvgIpc) is 2.64. The predicted octanol–water partition coefficient (Wildman–Crippen LogP) is -2.97. The summed E-state index contributed by atoms with van der Waals surface area (Å²) in [7, 11) is 0. The second-order valence-electron chi connectivity index (χ2n) is 7.09. The van der Waals surface area contributed by atoms with Gasteiger partial charge in [-0.3, -0.25) is 4.79 Å². The fourth-order valence-corrected chi connectivity index (χ4v) is 3.55. The third kappa shape index (κ3) is 5.25. The summed E-state index contributed by atoms with van der Waals surface area (Å²) < 4.78 is 0. The van der Waals surface area contributed by atoms with Gasteiger partial charge in [0.05, 0.1) is 5.97 Å². The third-order valence-electron chi connectivity index (χ3n) is 4.91. The van der Waals surface area contributed by atoms with E-state index in [1.54, 1.807) is 70.2 Å². The second kappa shape index (κ2) is 10.8. The van der Waals surface area contributed by atoms with Gasteiger partial charge in [-0.05, 0) is 73.3 Å². The Bertz CT molecular complexity index is 1060. The zero-order valence-corrected chi connectivity index (χ0v) is 22.3. The molecule has 4 nitrogen and oxygen atoms in total. The molecule has 0 atom stereocenters. The molecule has 0 aliphatic heterocycles. The maximum atomic E-state index is 12.2. The number of carbonyl (C=O) groups is 2. The van der Waals surface area contributed by atoms with E-state index < -0.39 is 5.97 Å². The van der Waals surface area contributed by atoms with Gasteiger partial charge in [0.1, 0.15) is 0 Å². The Kier molecular flexibility index (Phi) is 9.55. The molecule has 0 aromatic heterocycles. The summed E-state index contributed by atoms with van der Waals surface area (Å²) in [6.45, 7) is 6.94. The van der Waals surface area contributed by atoms with Crippen LogP contribution >= 0.6 is 0 Å². The Labute approximate surface area is 221 Å². The summed E-state index contributed by atoms with van der Waals surface area (Å²) >= 11 is 0. The normalized spacial score (nSPS) is 12.9. The molecule has 0 saturated carbocycles. The van der Waals surface area contributed by atoms with E-state index in [1.807, 2.05) is 0 Å². The molecule has 1 aliphatic rings. The molecular formula is C24H20Na2O4. The first-order valence-corrected chi connectivity index (χ1v) is 8.95. The van der Waals surface area contributed by atoms with Crippen LogP contribution in [-0.2, 0) is 4.79 Å². The number of carbonyl (C=O) groups excluding carboxylic acids is 2. The zero-order valence-electron chi connectivity index (χ0n) is 18.3. The molecule has 142 valence electrons. The van der Waals surface area contributed by atoms with E-state index in [9.17, 15) is 19.8 Å². The van der Waals surface area contributed by atoms with Crippen molar-refractivity contribution in [2.75, 3.05) is 0 Å². The topological polar surface area (TPSA) is 80.3 Å². The molecule has 0 spiro atoms. The summed E-state index contributed by atoms with van der Waals surface area (Å²) in [6.07, 6.45) is 3.51. The SMILES string of the molecule is CC1=CC(=C(c2cc(C)c([O-])c(C)c2)c2ccccc2C(=O)[O-])C=C(C)C1=O.[Na+].[Na+]. The van der Waals surface area contributed by atoms with Crippen molar-refractivity contribution in [1.29, 1.82) is 0 Å². The van der Waals surface area contributed by atoms with Gasteiger partial charge in [0.2, 0.25) is 0 Å². The van der Waals surface area contributed by atoms with Gasteiger partial charge in [0, 0.05) is 5.56 Å². The van der Waals surface area contributed by atoms with Gasteiger partial charge < -0.3 is 15.0 Å². The molecule has 0 saturated heterocycles. The van der Waals surface area contributed by atoms with Crippen molar-refractivity contribution in [1.82, 2.24) is 0 Å². The number of aromatic carboxylic acids is 1. The number of hydrogen-bond donors (Lipinski definition) is 0. The first-order valence-electron chi connectivity index (χ1n) is 8.95. The Hall–Kier alpha value is -1.40. The Morgan fingerprint density at radius 3 is 1.77 bits per heavy atom. The van der Waals surface area contributed by atoms with Gasteiger partial charge in [-0.2, -0.15) is 0 Å². The Morgan fingerprint density at radius 1 is 0.833 bits per heavy atom. The summed E-state index contributed by atoms with van der Waals surface area (Å²) in [5.74, 6) is -1.37.